The van der Waals surface area contributed by atoms with Gasteiger partial charge in [-0.25, -0.2) is 0 Å². The van der Waals surface area contributed by atoms with E-state index in [0.29, 0.717) is 0 Å². The number of hydrogen-bond donors (Lipinski definition) is 0. The van der Waals surface area contributed by atoms with Crippen LogP contribution in [-0.2, 0) is 6.42 Å². The SMILES string of the molecule is Cc1ccc2c(c1)C(c1cnc3ccccc3c1)=NC(C)(C)C2. The molecule has 0 saturated carbocycles. The van der Waals surface area contributed by atoms with Crippen molar-refractivity contribution >= 4 is 16.6 Å². The van der Waals surface area contributed by atoms with Crippen molar-refractivity contribution in [2.24, 2.45) is 4.99 Å². The summed E-state index contributed by atoms with van der Waals surface area (Å²) in [6.45, 7) is 6.53. The van der Waals surface area contributed by atoms with Crippen LogP contribution in [0.1, 0.15) is 36.1 Å². The molecule has 0 amide bonds. The van der Waals surface area contributed by atoms with Gasteiger partial charge in [0.15, 0.2) is 0 Å². The summed E-state index contributed by atoms with van der Waals surface area (Å²) in [5.74, 6) is 0. The average molecular weight is 300 g/mol. The van der Waals surface area contributed by atoms with Crippen molar-refractivity contribution in [1.82, 2.24) is 4.98 Å². The Kier molecular flexibility index (Phi) is 3.08. The Balaban J connectivity index is 1.94. The first-order valence-corrected chi connectivity index (χ1v) is 8.07. The van der Waals surface area contributed by atoms with Gasteiger partial charge in [0.25, 0.3) is 0 Å². The molecule has 1 aliphatic heterocycles. The van der Waals surface area contributed by atoms with Crippen LogP contribution in [0.5, 0.6) is 0 Å². The first-order valence-electron chi connectivity index (χ1n) is 8.07. The summed E-state index contributed by atoms with van der Waals surface area (Å²) >= 11 is 0. The molecule has 2 heterocycles. The standard InChI is InChI=1S/C21H20N2/c1-14-8-9-16-12-21(2,3)23-20(18(16)10-14)17-11-15-6-4-5-7-19(15)22-13-17/h4-11,13H,12H2,1-3H3. The zero-order valence-electron chi connectivity index (χ0n) is 13.8. The first kappa shape index (κ1) is 14.1. The maximum atomic E-state index is 5.05. The molecule has 1 aromatic heterocycles. The molecule has 4 rings (SSSR count). The maximum absolute atomic E-state index is 5.05. The molecule has 23 heavy (non-hydrogen) atoms. The number of hydrogen-bond acceptors (Lipinski definition) is 2. The van der Waals surface area contributed by atoms with Gasteiger partial charge in [-0.3, -0.25) is 9.98 Å². The largest absolute Gasteiger partial charge is 0.278 e. The van der Waals surface area contributed by atoms with Crippen LogP contribution >= 0.6 is 0 Å². The van der Waals surface area contributed by atoms with E-state index in [0.717, 1.165) is 28.6 Å². The summed E-state index contributed by atoms with van der Waals surface area (Å²) in [6.07, 6.45) is 2.93. The van der Waals surface area contributed by atoms with Crippen molar-refractivity contribution in [3.63, 3.8) is 0 Å². The number of nitrogens with zero attached hydrogens (tertiary/aromatic N) is 2. The highest BCUT2D eigenvalue weighted by atomic mass is 14.9. The zero-order valence-corrected chi connectivity index (χ0v) is 13.8. The quantitative estimate of drug-likeness (QED) is 0.638. The molecular weight excluding hydrogens is 280 g/mol. The first-order chi connectivity index (χ1) is 11.0. The highest BCUT2D eigenvalue weighted by molar-refractivity contribution is 6.15. The average Bonchev–Trinajstić information content (AvgIpc) is 2.53. The van der Waals surface area contributed by atoms with Crippen molar-refractivity contribution in [2.75, 3.05) is 0 Å². The van der Waals surface area contributed by atoms with Crippen LogP contribution in [0.3, 0.4) is 0 Å². The molecule has 0 fully saturated rings. The van der Waals surface area contributed by atoms with Crippen LogP contribution in [0, 0.1) is 6.92 Å². The van der Waals surface area contributed by atoms with Gasteiger partial charge >= 0.3 is 0 Å². The molecule has 0 aliphatic carbocycles. The van der Waals surface area contributed by atoms with E-state index < -0.39 is 0 Å². The second-order valence-electron chi connectivity index (χ2n) is 7.03. The summed E-state index contributed by atoms with van der Waals surface area (Å²) in [6, 6.07) is 17.1. The molecule has 0 N–H and O–H groups in total. The fraction of sp³-hybridized carbons (Fsp3) is 0.238. The number of benzene rings is 2. The third-order valence-corrected chi connectivity index (χ3v) is 4.42. The Morgan fingerprint density at radius 3 is 2.70 bits per heavy atom. The molecule has 114 valence electrons. The predicted molar refractivity (Wildman–Crippen MR) is 96.3 cm³/mol. The number of pyridine rings is 1. The second-order valence-corrected chi connectivity index (χ2v) is 7.03. The Bertz CT molecular complexity index is 935. The van der Waals surface area contributed by atoms with Crippen LogP contribution in [0.15, 0.2) is 59.7 Å². The summed E-state index contributed by atoms with van der Waals surface area (Å²) in [7, 11) is 0. The van der Waals surface area contributed by atoms with E-state index in [1.165, 1.54) is 16.7 Å². The topological polar surface area (TPSA) is 25.2 Å². The third-order valence-electron chi connectivity index (χ3n) is 4.42. The van der Waals surface area contributed by atoms with Gasteiger partial charge in [-0.2, -0.15) is 0 Å². The number of rotatable bonds is 1. The Morgan fingerprint density at radius 2 is 1.83 bits per heavy atom. The minimum Gasteiger partial charge on any atom is -0.278 e. The number of aromatic nitrogens is 1. The maximum Gasteiger partial charge on any atom is 0.0744 e. The van der Waals surface area contributed by atoms with E-state index in [1.54, 1.807) is 0 Å². The van der Waals surface area contributed by atoms with Crippen molar-refractivity contribution < 1.29 is 0 Å². The van der Waals surface area contributed by atoms with Crippen LogP contribution in [0.25, 0.3) is 10.9 Å². The van der Waals surface area contributed by atoms with Crippen LogP contribution in [0.4, 0.5) is 0 Å². The van der Waals surface area contributed by atoms with E-state index in [9.17, 15) is 0 Å². The van der Waals surface area contributed by atoms with Gasteiger partial charge in [0, 0.05) is 22.7 Å². The minimum atomic E-state index is -0.0801. The molecule has 2 aromatic carbocycles. The molecular formula is C21H20N2. The van der Waals surface area contributed by atoms with E-state index in [1.807, 2.05) is 18.3 Å². The van der Waals surface area contributed by atoms with Gasteiger partial charge < -0.3 is 0 Å². The summed E-state index contributed by atoms with van der Waals surface area (Å²) in [4.78, 5) is 9.67. The molecule has 0 radical (unpaired) electrons. The number of para-hydroxylation sites is 1. The lowest BCUT2D eigenvalue weighted by Gasteiger charge is -2.29. The molecule has 0 spiro atoms. The molecule has 1 aliphatic rings. The Morgan fingerprint density at radius 1 is 1.00 bits per heavy atom. The number of aryl methyl sites for hydroxylation is 1. The minimum absolute atomic E-state index is 0.0801. The molecule has 0 unspecified atom stereocenters. The summed E-state index contributed by atoms with van der Waals surface area (Å²) in [5.41, 5.74) is 7.01. The van der Waals surface area contributed by atoms with Gasteiger partial charge in [-0.1, -0.05) is 35.9 Å². The molecule has 0 saturated heterocycles. The van der Waals surface area contributed by atoms with Crippen LogP contribution < -0.4 is 0 Å². The zero-order chi connectivity index (χ0) is 16.0. The van der Waals surface area contributed by atoms with E-state index in [2.05, 4.69) is 62.2 Å². The molecule has 0 atom stereocenters. The summed E-state index contributed by atoms with van der Waals surface area (Å²) in [5, 5.41) is 1.16. The highest BCUT2D eigenvalue weighted by Crippen LogP contribution is 2.30. The lowest BCUT2D eigenvalue weighted by molar-refractivity contribution is 0.513. The van der Waals surface area contributed by atoms with E-state index >= 15 is 0 Å². The Labute approximate surface area is 136 Å². The van der Waals surface area contributed by atoms with Crippen LogP contribution in [0.2, 0.25) is 0 Å². The lowest BCUT2D eigenvalue weighted by Crippen LogP contribution is -2.29. The monoisotopic (exact) mass is 300 g/mol. The van der Waals surface area contributed by atoms with Crippen molar-refractivity contribution in [1.29, 1.82) is 0 Å². The third kappa shape index (κ3) is 2.55. The normalized spacial score (nSPS) is 16.0. The summed E-state index contributed by atoms with van der Waals surface area (Å²) < 4.78 is 0. The van der Waals surface area contributed by atoms with Crippen molar-refractivity contribution in [3.05, 3.63) is 77.0 Å². The van der Waals surface area contributed by atoms with Gasteiger partial charge in [0.1, 0.15) is 0 Å². The number of aliphatic imine (C=N–C) groups is 1. The fourth-order valence-electron chi connectivity index (χ4n) is 3.35. The molecule has 2 nitrogen and oxygen atoms in total. The molecule has 2 heteroatoms. The molecule has 3 aromatic rings. The lowest BCUT2D eigenvalue weighted by atomic mass is 9.84. The van der Waals surface area contributed by atoms with Crippen molar-refractivity contribution in [3.8, 4) is 0 Å². The smallest absolute Gasteiger partial charge is 0.0744 e. The highest BCUT2D eigenvalue weighted by Gasteiger charge is 2.27. The number of fused-ring (bicyclic) bond motifs is 2. The van der Waals surface area contributed by atoms with Gasteiger partial charge in [-0.05, 0) is 51.0 Å². The molecule has 0 bridgehead atoms. The van der Waals surface area contributed by atoms with E-state index in [-0.39, 0.29) is 5.54 Å². The van der Waals surface area contributed by atoms with Crippen molar-refractivity contribution in [2.45, 2.75) is 32.7 Å². The Hall–Kier alpha value is -2.48. The van der Waals surface area contributed by atoms with Gasteiger partial charge in [0.2, 0.25) is 0 Å². The second kappa shape index (κ2) is 5.02. The van der Waals surface area contributed by atoms with E-state index in [4.69, 9.17) is 4.99 Å². The van der Waals surface area contributed by atoms with Gasteiger partial charge in [0.05, 0.1) is 16.8 Å². The fourth-order valence-corrected chi connectivity index (χ4v) is 3.35. The predicted octanol–water partition coefficient (Wildman–Crippen LogP) is 4.72. The van der Waals surface area contributed by atoms with Gasteiger partial charge in [-0.15, -0.1) is 0 Å². The van der Waals surface area contributed by atoms with Crippen LogP contribution in [-0.4, -0.2) is 16.2 Å².